The second-order valence-electron chi connectivity index (χ2n) is 3.10. The van der Waals surface area contributed by atoms with Crippen molar-refractivity contribution in [3.05, 3.63) is 42.1 Å². The number of methoxy groups -OCH3 is 1. The molecule has 1 aromatic carbocycles. The summed E-state index contributed by atoms with van der Waals surface area (Å²) in [6.07, 6.45) is 4.31. The van der Waals surface area contributed by atoms with E-state index >= 15 is 0 Å². The average molecular weight is 207 g/mol. The zero-order valence-corrected chi connectivity index (χ0v) is 8.96. The first-order valence-electron chi connectivity index (χ1n) is 4.57. The molecule has 0 atom stereocenters. The van der Waals surface area contributed by atoms with Gasteiger partial charge in [0.05, 0.1) is 13.7 Å². The lowest BCUT2D eigenvalue weighted by Gasteiger charge is -2.13. The molecule has 1 aliphatic rings. The highest BCUT2D eigenvalue weighted by atomic mass is 32.2. The van der Waals surface area contributed by atoms with E-state index < -0.39 is 0 Å². The van der Waals surface area contributed by atoms with E-state index in [1.54, 1.807) is 7.11 Å². The molecule has 1 heterocycles. The molecule has 0 aliphatic carbocycles. The van der Waals surface area contributed by atoms with Crippen molar-refractivity contribution in [1.29, 1.82) is 0 Å². The fraction of sp³-hybridized carbons (Fsp3) is 0.273. The van der Waals surface area contributed by atoms with Crippen LogP contribution in [0.15, 0.2) is 36.5 Å². The summed E-state index contributed by atoms with van der Waals surface area (Å²) in [5, 5.41) is 0. The Morgan fingerprint density at radius 1 is 1.36 bits per heavy atom. The fourth-order valence-corrected chi connectivity index (χ4v) is 2.13. The second kappa shape index (κ2) is 4.42. The van der Waals surface area contributed by atoms with Gasteiger partial charge in [0.2, 0.25) is 0 Å². The molecule has 0 N–H and O–H groups in total. The van der Waals surface area contributed by atoms with E-state index in [4.69, 9.17) is 4.74 Å². The van der Waals surface area contributed by atoms with Gasteiger partial charge in [0.15, 0.2) is 0 Å². The van der Waals surface area contributed by atoms with Crippen molar-refractivity contribution < 1.29 is 4.74 Å². The van der Waals surface area contributed by atoms with Gasteiger partial charge in [-0.1, -0.05) is 18.2 Å². The van der Waals surface area contributed by atoms with Crippen molar-refractivity contribution in [2.75, 3.05) is 12.9 Å². The average Bonchev–Trinajstić information content (AvgIpc) is 2.72. The molecule has 2 nitrogen and oxygen atoms in total. The van der Waals surface area contributed by atoms with Gasteiger partial charge < -0.3 is 9.04 Å². The van der Waals surface area contributed by atoms with E-state index in [0.717, 1.165) is 18.0 Å². The molecule has 14 heavy (non-hydrogen) atoms. The maximum Gasteiger partial charge on any atom is 0.118 e. The highest BCUT2D eigenvalue weighted by Gasteiger charge is 2.05. The van der Waals surface area contributed by atoms with Crippen molar-refractivity contribution in [2.24, 2.45) is 0 Å². The minimum atomic E-state index is 0.915. The van der Waals surface area contributed by atoms with Gasteiger partial charge in [0, 0.05) is 12.0 Å². The van der Waals surface area contributed by atoms with E-state index in [2.05, 4.69) is 28.7 Å². The summed E-state index contributed by atoms with van der Waals surface area (Å²) in [7, 11) is 1.69. The normalized spacial score (nSPS) is 14.8. The van der Waals surface area contributed by atoms with Crippen LogP contribution in [0.3, 0.4) is 0 Å². The van der Waals surface area contributed by atoms with Crippen molar-refractivity contribution in [1.82, 2.24) is 4.31 Å². The predicted octanol–water partition coefficient (Wildman–Crippen LogP) is 2.67. The maximum atomic E-state index is 5.11. The Balaban J connectivity index is 1.99. The quantitative estimate of drug-likeness (QED) is 0.707. The molecule has 0 saturated heterocycles. The Bertz CT molecular complexity index is 321. The number of hydrogen-bond donors (Lipinski definition) is 0. The van der Waals surface area contributed by atoms with Crippen LogP contribution in [0.4, 0.5) is 0 Å². The molecule has 1 aromatic rings. The third-order valence-corrected chi connectivity index (χ3v) is 3.03. The summed E-state index contributed by atoms with van der Waals surface area (Å²) in [5.41, 5.74) is 1.31. The van der Waals surface area contributed by atoms with E-state index in [-0.39, 0.29) is 0 Å². The van der Waals surface area contributed by atoms with Crippen molar-refractivity contribution in [3.63, 3.8) is 0 Å². The van der Waals surface area contributed by atoms with Crippen LogP contribution in [0.5, 0.6) is 5.75 Å². The summed E-state index contributed by atoms with van der Waals surface area (Å²) in [4.78, 5) is 0. The number of hydrogen-bond acceptors (Lipinski definition) is 3. The molecule has 0 unspecified atom stereocenters. The maximum absolute atomic E-state index is 5.11. The van der Waals surface area contributed by atoms with E-state index in [1.165, 1.54) is 5.56 Å². The van der Waals surface area contributed by atoms with Crippen molar-refractivity contribution >= 4 is 11.9 Å². The van der Waals surface area contributed by atoms with Gasteiger partial charge >= 0.3 is 0 Å². The zero-order valence-electron chi connectivity index (χ0n) is 8.14. The van der Waals surface area contributed by atoms with Crippen LogP contribution in [-0.4, -0.2) is 17.2 Å². The predicted molar refractivity (Wildman–Crippen MR) is 60.1 cm³/mol. The SMILES string of the molecule is COc1ccc(CN2C=CCS2)cc1. The molecule has 0 radical (unpaired) electrons. The fourth-order valence-electron chi connectivity index (χ4n) is 1.35. The van der Waals surface area contributed by atoms with Gasteiger partial charge in [-0.3, -0.25) is 0 Å². The Labute approximate surface area is 88.7 Å². The first-order chi connectivity index (χ1) is 6.88. The molecule has 3 heteroatoms. The van der Waals surface area contributed by atoms with Gasteiger partial charge in [-0.2, -0.15) is 0 Å². The Hall–Kier alpha value is -1.09. The largest absolute Gasteiger partial charge is 0.497 e. The van der Waals surface area contributed by atoms with Crippen LogP contribution >= 0.6 is 11.9 Å². The summed E-state index contributed by atoms with van der Waals surface area (Å²) >= 11 is 1.84. The molecule has 0 bridgehead atoms. The number of ether oxygens (including phenoxy) is 1. The summed E-state index contributed by atoms with van der Waals surface area (Å²) in [5.74, 6) is 2.01. The molecule has 0 saturated carbocycles. The van der Waals surface area contributed by atoms with E-state index in [9.17, 15) is 0 Å². The van der Waals surface area contributed by atoms with Crippen LogP contribution < -0.4 is 4.74 Å². The Kier molecular flexibility index (Phi) is 2.99. The van der Waals surface area contributed by atoms with E-state index in [1.807, 2.05) is 24.1 Å². The highest BCUT2D eigenvalue weighted by molar-refractivity contribution is 7.97. The minimum absolute atomic E-state index is 0.915. The molecule has 0 aromatic heterocycles. The third kappa shape index (κ3) is 2.23. The first kappa shape index (κ1) is 9.46. The lowest BCUT2D eigenvalue weighted by molar-refractivity contribution is 0.414. The van der Waals surface area contributed by atoms with Crippen LogP contribution in [-0.2, 0) is 6.54 Å². The summed E-state index contributed by atoms with van der Waals surface area (Å²) in [6, 6.07) is 8.21. The molecule has 74 valence electrons. The second-order valence-corrected chi connectivity index (χ2v) is 4.16. The molecular weight excluding hydrogens is 194 g/mol. The van der Waals surface area contributed by atoms with Gasteiger partial charge in [0.1, 0.15) is 5.75 Å². The Morgan fingerprint density at radius 2 is 2.14 bits per heavy atom. The molecule has 0 fully saturated rings. The minimum Gasteiger partial charge on any atom is -0.497 e. The number of rotatable bonds is 3. The van der Waals surface area contributed by atoms with Crippen molar-refractivity contribution in [3.8, 4) is 5.75 Å². The molecule has 0 amide bonds. The molecular formula is C11H13NOS. The monoisotopic (exact) mass is 207 g/mol. The smallest absolute Gasteiger partial charge is 0.118 e. The van der Waals surface area contributed by atoms with Gasteiger partial charge in [-0.05, 0) is 29.6 Å². The van der Waals surface area contributed by atoms with Gasteiger partial charge in [0.25, 0.3) is 0 Å². The number of nitrogens with zero attached hydrogens (tertiary/aromatic N) is 1. The Morgan fingerprint density at radius 3 is 2.71 bits per heavy atom. The zero-order chi connectivity index (χ0) is 9.80. The van der Waals surface area contributed by atoms with Crippen LogP contribution in [0, 0.1) is 0 Å². The first-order valence-corrected chi connectivity index (χ1v) is 5.52. The molecule has 2 rings (SSSR count). The van der Waals surface area contributed by atoms with E-state index in [0.29, 0.717) is 0 Å². The topological polar surface area (TPSA) is 12.5 Å². The highest BCUT2D eigenvalue weighted by Crippen LogP contribution is 2.21. The van der Waals surface area contributed by atoms with Gasteiger partial charge in [-0.15, -0.1) is 0 Å². The molecule has 1 aliphatic heterocycles. The molecule has 0 spiro atoms. The number of benzene rings is 1. The van der Waals surface area contributed by atoms with Crippen LogP contribution in [0.2, 0.25) is 0 Å². The summed E-state index contributed by atoms with van der Waals surface area (Å²) in [6.45, 7) is 0.963. The third-order valence-electron chi connectivity index (χ3n) is 2.11. The standard InChI is InChI=1S/C11H13NOS/c1-13-11-5-3-10(4-6-11)9-12-7-2-8-14-12/h2-7H,8-9H2,1H3. The lowest BCUT2D eigenvalue weighted by Crippen LogP contribution is -2.03. The van der Waals surface area contributed by atoms with Gasteiger partial charge in [-0.25, -0.2) is 0 Å². The van der Waals surface area contributed by atoms with Crippen LogP contribution in [0.25, 0.3) is 0 Å². The van der Waals surface area contributed by atoms with Crippen LogP contribution in [0.1, 0.15) is 5.56 Å². The lowest BCUT2D eigenvalue weighted by atomic mass is 10.2. The summed E-state index contributed by atoms with van der Waals surface area (Å²) < 4.78 is 7.34. The van der Waals surface area contributed by atoms with Crippen molar-refractivity contribution in [2.45, 2.75) is 6.54 Å².